The zero-order valence-electron chi connectivity index (χ0n) is 11.3. The summed E-state index contributed by atoms with van der Waals surface area (Å²) in [7, 11) is 0. The second-order valence-electron chi connectivity index (χ2n) is 4.88. The number of nitrogens with zero attached hydrogens (tertiary/aromatic N) is 2. The smallest absolute Gasteiger partial charge is 0.326 e. The lowest BCUT2D eigenvalue weighted by molar-refractivity contribution is -0.139. The van der Waals surface area contributed by atoms with Crippen LogP contribution in [-0.4, -0.2) is 56.5 Å². The van der Waals surface area contributed by atoms with Crippen molar-refractivity contribution in [1.82, 2.24) is 20.2 Å². The van der Waals surface area contributed by atoms with Gasteiger partial charge in [-0.2, -0.15) is 0 Å². The predicted molar refractivity (Wildman–Crippen MR) is 71.2 cm³/mol. The first-order valence-electron chi connectivity index (χ1n) is 6.55. The number of H-pyrrole nitrogens is 1. The van der Waals surface area contributed by atoms with E-state index in [1.54, 1.807) is 0 Å². The Balaban J connectivity index is 2.01. The van der Waals surface area contributed by atoms with E-state index in [4.69, 9.17) is 5.73 Å². The number of hydrogen-bond donors (Lipinski definition) is 4. The zero-order chi connectivity index (χ0) is 15.4. The van der Waals surface area contributed by atoms with Gasteiger partial charge in [-0.25, -0.2) is 14.6 Å². The highest BCUT2D eigenvalue weighted by Crippen LogP contribution is 2.17. The first-order valence-corrected chi connectivity index (χ1v) is 6.55. The minimum absolute atomic E-state index is 0.0795. The number of amides is 3. The largest absolute Gasteiger partial charge is 0.480 e. The molecule has 0 saturated carbocycles. The average molecular weight is 295 g/mol. The number of urea groups is 1. The van der Waals surface area contributed by atoms with Crippen molar-refractivity contribution < 1.29 is 19.5 Å². The number of aliphatic carboxylic acids is 1. The van der Waals surface area contributed by atoms with Gasteiger partial charge in [-0.1, -0.05) is 0 Å². The van der Waals surface area contributed by atoms with Crippen molar-refractivity contribution in [3.05, 3.63) is 18.2 Å². The third kappa shape index (κ3) is 3.50. The number of aromatic nitrogens is 2. The van der Waals surface area contributed by atoms with Crippen LogP contribution in [0.25, 0.3) is 0 Å². The van der Waals surface area contributed by atoms with Crippen molar-refractivity contribution in [2.75, 3.05) is 6.54 Å². The van der Waals surface area contributed by atoms with Gasteiger partial charge >= 0.3 is 12.0 Å². The van der Waals surface area contributed by atoms with Crippen LogP contribution >= 0.6 is 0 Å². The highest BCUT2D eigenvalue weighted by atomic mass is 16.4. The van der Waals surface area contributed by atoms with E-state index in [0.717, 1.165) is 0 Å². The van der Waals surface area contributed by atoms with Gasteiger partial charge in [0, 0.05) is 24.9 Å². The molecule has 0 radical (unpaired) electrons. The molecule has 1 aromatic rings. The van der Waals surface area contributed by atoms with Crippen LogP contribution in [0.5, 0.6) is 0 Å². The number of rotatable bonds is 5. The van der Waals surface area contributed by atoms with E-state index in [9.17, 15) is 19.5 Å². The van der Waals surface area contributed by atoms with Crippen molar-refractivity contribution in [3.63, 3.8) is 0 Å². The summed E-state index contributed by atoms with van der Waals surface area (Å²) in [5, 5.41) is 11.6. The fourth-order valence-corrected chi connectivity index (χ4v) is 2.35. The maximum Gasteiger partial charge on any atom is 0.326 e. The molecule has 1 aromatic heterocycles. The molecule has 1 fully saturated rings. The Labute approximate surface area is 120 Å². The molecule has 1 unspecified atom stereocenters. The maximum absolute atomic E-state index is 12.1. The summed E-state index contributed by atoms with van der Waals surface area (Å²) in [5.74, 6) is -1.74. The van der Waals surface area contributed by atoms with Gasteiger partial charge in [0.15, 0.2) is 0 Å². The van der Waals surface area contributed by atoms with Crippen LogP contribution in [0.2, 0.25) is 0 Å². The third-order valence-electron chi connectivity index (χ3n) is 3.42. The molecule has 0 bridgehead atoms. The van der Waals surface area contributed by atoms with Gasteiger partial charge in [-0.3, -0.25) is 4.79 Å². The quantitative estimate of drug-likeness (QED) is 0.555. The Morgan fingerprint density at radius 2 is 2.33 bits per heavy atom. The summed E-state index contributed by atoms with van der Waals surface area (Å²) in [5.41, 5.74) is 5.83. The third-order valence-corrected chi connectivity index (χ3v) is 3.42. The molecule has 2 atom stereocenters. The number of nitrogens with two attached hydrogens (primary N) is 1. The number of carbonyl (C=O) groups is 3. The number of imidazole rings is 1. The molecule has 3 amide bonds. The fraction of sp³-hybridized carbons (Fsp3) is 0.500. The molecule has 2 heterocycles. The van der Waals surface area contributed by atoms with Gasteiger partial charge in [-0.05, 0) is 12.8 Å². The molecule has 5 N–H and O–H groups in total. The van der Waals surface area contributed by atoms with Crippen molar-refractivity contribution in [3.8, 4) is 0 Å². The van der Waals surface area contributed by atoms with Crippen LogP contribution in [0.3, 0.4) is 0 Å². The van der Waals surface area contributed by atoms with Gasteiger partial charge in [0.25, 0.3) is 0 Å². The molecule has 21 heavy (non-hydrogen) atoms. The number of carboxylic acids is 1. The second kappa shape index (κ2) is 6.25. The molecule has 1 saturated heterocycles. The van der Waals surface area contributed by atoms with Gasteiger partial charge in [0.2, 0.25) is 5.91 Å². The number of carbonyl (C=O) groups excluding carboxylic acids is 2. The molecule has 114 valence electrons. The predicted octanol–water partition coefficient (Wildman–Crippen LogP) is -0.935. The Morgan fingerprint density at radius 3 is 2.90 bits per heavy atom. The molecular formula is C12H17N5O4. The lowest BCUT2D eigenvalue weighted by Crippen LogP contribution is -2.52. The number of hydrogen-bond acceptors (Lipinski definition) is 4. The lowest BCUT2D eigenvalue weighted by atomic mass is 10.1. The maximum atomic E-state index is 12.1. The molecular weight excluding hydrogens is 278 g/mol. The summed E-state index contributed by atoms with van der Waals surface area (Å²) in [6.07, 6.45) is 4.17. The number of aromatic amines is 1. The van der Waals surface area contributed by atoms with Crippen molar-refractivity contribution in [1.29, 1.82) is 0 Å². The molecule has 0 aliphatic carbocycles. The van der Waals surface area contributed by atoms with Gasteiger partial charge in [0.05, 0.1) is 6.33 Å². The van der Waals surface area contributed by atoms with E-state index in [0.29, 0.717) is 25.1 Å². The second-order valence-corrected chi connectivity index (χ2v) is 4.88. The number of primary amides is 1. The molecule has 1 aliphatic heterocycles. The van der Waals surface area contributed by atoms with Crippen molar-refractivity contribution in [2.45, 2.75) is 31.3 Å². The molecule has 0 aromatic carbocycles. The number of carboxylic acid groups (broad SMARTS) is 1. The molecule has 9 nitrogen and oxygen atoms in total. The number of nitrogens with one attached hydrogen (secondary N) is 2. The molecule has 0 spiro atoms. The van der Waals surface area contributed by atoms with E-state index in [1.165, 1.54) is 17.4 Å². The topological polar surface area (TPSA) is 141 Å². The van der Waals surface area contributed by atoms with Gasteiger partial charge in [0.1, 0.15) is 12.1 Å². The lowest BCUT2D eigenvalue weighted by Gasteiger charge is -2.24. The molecule has 1 aliphatic rings. The normalized spacial score (nSPS) is 19.2. The Hall–Kier alpha value is -2.58. The summed E-state index contributed by atoms with van der Waals surface area (Å²) < 4.78 is 0. The van der Waals surface area contributed by atoms with Crippen LogP contribution in [0.1, 0.15) is 18.5 Å². The highest BCUT2D eigenvalue weighted by molar-refractivity contribution is 5.88. The van der Waals surface area contributed by atoms with E-state index < -0.39 is 30.0 Å². The van der Waals surface area contributed by atoms with E-state index in [2.05, 4.69) is 15.3 Å². The Morgan fingerprint density at radius 1 is 1.57 bits per heavy atom. The van der Waals surface area contributed by atoms with Crippen LogP contribution in [0.15, 0.2) is 12.5 Å². The van der Waals surface area contributed by atoms with Crippen LogP contribution in [0, 0.1) is 0 Å². The fourth-order valence-electron chi connectivity index (χ4n) is 2.35. The van der Waals surface area contributed by atoms with Crippen molar-refractivity contribution in [2.24, 2.45) is 5.73 Å². The summed E-state index contributed by atoms with van der Waals surface area (Å²) in [6.45, 7) is 0.385. The van der Waals surface area contributed by atoms with Gasteiger partial charge < -0.3 is 26.0 Å². The zero-order valence-corrected chi connectivity index (χ0v) is 11.3. The minimum atomic E-state index is -1.16. The highest BCUT2D eigenvalue weighted by Gasteiger charge is 2.34. The summed E-state index contributed by atoms with van der Waals surface area (Å²) in [6, 6.07) is -2.37. The standard InChI is InChI=1S/C12H17N5O4/c13-10(18)9-2-1-3-17(9)12(21)16-8(11(19)20)4-7-5-14-6-15-7/h5-6,8-9H,1-4H2,(H2,13,18)(H,14,15)(H,16,21)(H,19,20)/t8-,9?/m0/s1. The SMILES string of the molecule is NC(=O)C1CCCN1C(=O)N[C@@H](Cc1cnc[nH]1)C(=O)O. The van der Waals surface area contributed by atoms with Crippen LogP contribution < -0.4 is 11.1 Å². The first-order chi connectivity index (χ1) is 9.99. The van der Waals surface area contributed by atoms with E-state index in [-0.39, 0.29) is 6.42 Å². The van der Waals surface area contributed by atoms with Crippen molar-refractivity contribution >= 4 is 17.9 Å². The van der Waals surface area contributed by atoms with Gasteiger partial charge in [-0.15, -0.1) is 0 Å². The summed E-state index contributed by atoms with van der Waals surface area (Å²) >= 11 is 0. The Kier molecular flexibility index (Phi) is 4.41. The molecule has 9 heteroatoms. The average Bonchev–Trinajstić information content (AvgIpc) is 3.08. The van der Waals surface area contributed by atoms with Crippen LogP contribution in [-0.2, 0) is 16.0 Å². The monoisotopic (exact) mass is 295 g/mol. The van der Waals surface area contributed by atoms with Crippen LogP contribution in [0.4, 0.5) is 4.79 Å². The number of likely N-dealkylation sites (tertiary alicyclic amines) is 1. The van der Waals surface area contributed by atoms with E-state index in [1.807, 2.05) is 0 Å². The summed E-state index contributed by atoms with van der Waals surface area (Å²) in [4.78, 5) is 42.5. The minimum Gasteiger partial charge on any atom is -0.480 e. The molecule has 2 rings (SSSR count). The Bertz CT molecular complexity index is 530. The van der Waals surface area contributed by atoms with E-state index >= 15 is 0 Å². The first kappa shape index (κ1) is 14.8.